The molecule has 2 rings (SSSR count). The molecule has 2 aromatic carbocycles. The van der Waals surface area contributed by atoms with E-state index in [-0.39, 0.29) is 4.48 Å². The van der Waals surface area contributed by atoms with Crippen LogP contribution in [0.5, 0.6) is 11.5 Å². The quantitative estimate of drug-likeness (QED) is 0.813. The van der Waals surface area contributed by atoms with Gasteiger partial charge >= 0.3 is 5.97 Å². The van der Waals surface area contributed by atoms with E-state index in [1.54, 1.807) is 0 Å². The van der Waals surface area contributed by atoms with Crippen LogP contribution in [0, 0.1) is 0 Å². The molecule has 0 fully saturated rings. The second kappa shape index (κ2) is 6.37. The normalized spacial score (nSPS) is 11.5. The molecule has 6 heteroatoms. The highest BCUT2D eigenvalue weighted by Gasteiger charge is 2.19. The molecule has 0 radical (unpaired) electrons. The first-order valence-electron chi connectivity index (χ1n) is 5.94. The van der Waals surface area contributed by atoms with E-state index in [0.29, 0.717) is 22.1 Å². The number of ether oxygens (including phenoxy) is 2. The molecule has 0 aliphatic rings. The fourth-order valence-corrected chi connectivity index (χ4v) is 2.65. The van der Waals surface area contributed by atoms with Gasteiger partial charge in [0.15, 0.2) is 0 Å². The standard InChI is InChI=1S/C15H12BrClO4/c1-20-13-8-5-3-4-6-9(8)14(21-2)12(17)10(13)7-11(16)15(18)19/h3-7H,1-2H3,(H,18,19)/b11-7-. The lowest BCUT2D eigenvalue weighted by molar-refractivity contribution is -0.131. The number of hydrogen-bond donors (Lipinski definition) is 1. The zero-order valence-electron chi connectivity index (χ0n) is 11.3. The van der Waals surface area contributed by atoms with Gasteiger partial charge < -0.3 is 14.6 Å². The van der Waals surface area contributed by atoms with Crippen LogP contribution in [0.1, 0.15) is 5.56 Å². The Morgan fingerprint density at radius 3 is 2.19 bits per heavy atom. The van der Waals surface area contributed by atoms with E-state index in [1.165, 1.54) is 20.3 Å². The highest BCUT2D eigenvalue weighted by Crippen LogP contribution is 2.44. The molecule has 0 heterocycles. The maximum absolute atomic E-state index is 11.0. The number of aliphatic carboxylic acids is 1. The van der Waals surface area contributed by atoms with Gasteiger partial charge in [-0.25, -0.2) is 4.79 Å². The van der Waals surface area contributed by atoms with Crippen LogP contribution in [-0.2, 0) is 4.79 Å². The molecule has 0 unspecified atom stereocenters. The summed E-state index contributed by atoms with van der Waals surface area (Å²) in [5.41, 5.74) is 0.448. The number of hydrogen-bond acceptors (Lipinski definition) is 3. The molecule has 0 aromatic heterocycles. The summed E-state index contributed by atoms with van der Waals surface area (Å²) in [6.45, 7) is 0. The molecule has 1 N–H and O–H groups in total. The van der Waals surface area contributed by atoms with Crippen molar-refractivity contribution in [1.29, 1.82) is 0 Å². The van der Waals surface area contributed by atoms with Crippen molar-refractivity contribution in [2.75, 3.05) is 14.2 Å². The topological polar surface area (TPSA) is 55.8 Å². The third kappa shape index (κ3) is 2.84. The third-order valence-corrected chi connectivity index (χ3v) is 3.92. The lowest BCUT2D eigenvalue weighted by Gasteiger charge is -2.15. The average molecular weight is 372 g/mol. The number of fused-ring (bicyclic) bond motifs is 1. The van der Waals surface area contributed by atoms with Gasteiger partial charge in [-0.2, -0.15) is 0 Å². The van der Waals surface area contributed by atoms with Crippen LogP contribution in [0.25, 0.3) is 16.8 Å². The van der Waals surface area contributed by atoms with Gasteiger partial charge in [-0.15, -0.1) is 0 Å². The average Bonchev–Trinajstić information content (AvgIpc) is 2.48. The molecule has 0 bridgehead atoms. The number of benzene rings is 2. The van der Waals surface area contributed by atoms with E-state index in [4.69, 9.17) is 26.2 Å². The van der Waals surface area contributed by atoms with Crippen LogP contribution in [0.2, 0.25) is 5.02 Å². The summed E-state index contributed by atoms with van der Waals surface area (Å²) in [5.74, 6) is -0.125. The summed E-state index contributed by atoms with van der Waals surface area (Å²) in [6.07, 6.45) is 1.40. The number of carbonyl (C=O) groups is 1. The van der Waals surface area contributed by atoms with Gasteiger partial charge in [0, 0.05) is 16.3 Å². The minimum Gasteiger partial charge on any atom is -0.495 e. The van der Waals surface area contributed by atoms with Gasteiger partial charge in [-0.3, -0.25) is 0 Å². The van der Waals surface area contributed by atoms with E-state index in [0.717, 1.165) is 10.8 Å². The van der Waals surface area contributed by atoms with E-state index < -0.39 is 5.97 Å². The van der Waals surface area contributed by atoms with Crippen molar-refractivity contribution in [1.82, 2.24) is 0 Å². The number of methoxy groups -OCH3 is 2. The second-order valence-corrected chi connectivity index (χ2v) is 5.37. The monoisotopic (exact) mass is 370 g/mol. The van der Waals surface area contributed by atoms with Crippen molar-refractivity contribution in [3.8, 4) is 11.5 Å². The third-order valence-electron chi connectivity index (χ3n) is 2.98. The first kappa shape index (κ1) is 15.7. The molecule has 21 heavy (non-hydrogen) atoms. The molecule has 0 aliphatic heterocycles. The Morgan fingerprint density at radius 2 is 1.71 bits per heavy atom. The summed E-state index contributed by atoms with van der Waals surface area (Å²) in [6, 6.07) is 7.45. The Kier molecular flexibility index (Phi) is 4.75. The fourth-order valence-electron chi connectivity index (χ4n) is 2.10. The molecule has 4 nitrogen and oxygen atoms in total. The first-order chi connectivity index (χ1) is 10.0. The molecule has 0 spiro atoms. The predicted octanol–water partition coefficient (Wildman–Crippen LogP) is 4.33. The van der Waals surface area contributed by atoms with Gasteiger partial charge in [0.25, 0.3) is 0 Å². The van der Waals surface area contributed by atoms with Crippen LogP contribution in [0.3, 0.4) is 0 Å². The van der Waals surface area contributed by atoms with Gasteiger partial charge in [-0.05, 0) is 22.0 Å². The van der Waals surface area contributed by atoms with Crippen molar-refractivity contribution < 1.29 is 19.4 Å². The van der Waals surface area contributed by atoms with Gasteiger partial charge in [0.1, 0.15) is 16.0 Å². The summed E-state index contributed by atoms with van der Waals surface area (Å²) in [5, 5.41) is 10.9. The van der Waals surface area contributed by atoms with Gasteiger partial charge in [0.2, 0.25) is 0 Å². The minimum absolute atomic E-state index is 0.0277. The lowest BCUT2D eigenvalue weighted by atomic mass is 10.0. The zero-order chi connectivity index (χ0) is 15.6. The van der Waals surface area contributed by atoms with Crippen LogP contribution >= 0.6 is 27.5 Å². The SMILES string of the molecule is COc1c(Cl)c(/C=C(\Br)C(=O)O)c(OC)c2ccccc12. The van der Waals surface area contributed by atoms with Crippen molar-refractivity contribution >= 4 is 50.3 Å². The number of rotatable bonds is 4. The van der Waals surface area contributed by atoms with E-state index in [1.807, 2.05) is 24.3 Å². The van der Waals surface area contributed by atoms with Gasteiger partial charge in [0.05, 0.1) is 19.2 Å². The van der Waals surface area contributed by atoms with E-state index >= 15 is 0 Å². The summed E-state index contributed by atoms with van der Waals surface area (Å²) in [7, 11) is 3.02. The Labute approximate surface area is 135 Å². The Balaban J connectivity index is 2.90. The van der Waals surface area contributed by atoms with Crippen LogP contribution < -0.4 is 9.47 Å². The molecule has 0 atom stereocenters. The molecule has 2 aromatic rings. The second-order valence-electron chi connectivity index (χ2n) is 4.14. The van der Waals surface area contributed by atoms with Crippen molar-refractivity contribution in [2.45, 2.75) is 0 Å². The Hall–Kier alpha value is -1.72. The summed E-state index contributed by atoms with van der Waals surface area (Å²) < 4.78 is 10.8. The number of carboxylic acids is 1. The highest BCUT2D eigenvalue weighted by atomic mass is 79.9. The van der Waals surface area contributed by atoms with E-state index in [2.05, 4.69) is 15.9 Å². The van der Waals surface area contributed by atoms with Crippen molar-refractivity contribution in [3.05, 3.63) is 39.3 Å². The minimum atomic E-state index is -1.10. The fraction of sp³-hybridized carbons (Fsp3) is 0.133. The highest BCUT2D eigenvalue weighted by molar-refractivity contribution is 9.12. The van der Waals surface area contributed by atoms with Crippen LogP contribution in [0.4, 0.5) is 0 Å². The van der Waals surface area contributed by atoms with E-state index in [9.17, 15) is 4.79 Å². The summed E-state index contributed by atoms with van der Waals surface area (Å²) in [4.78, 5) is 11.0. The van der Waals surface area contributed by atoms with Crippen LogP contribution in [-0.4, -0.2) is 25.3 Å². The van der Waals surface area contributed by atoms with Crippen LogP contribution in [0.15, 0.2) is 28.7 Å². The Morgan fingerprint density at radius 1 is 1.19 bits per heavy atom. The lowest BCUT2D eigenvalue weighted by Crippen LogP contribution is -1.97. The predicted molar refractivity (Wildman–Crippen MR) is 86.6 cm³/mol. The molecule has 0 aliphatic carbocycles. The molecule has 0 saturated carbocycles. The number of carboxylic acid groups (broad SMARTS) is 1. The molecule has 110 valence electrons. The largest absolute Gasteiger partial charge is 0.495 e. The molecule has 0 amide bonds. The Bertz CT molecular complexity index is 740. The maximum atomic E-state index is 11.0. The molecule has 0 saturated heterocycles. The maximum Gasteiger partial charge on any atom is 0.342 e. The molecular weight excluding hydrogens is 360 g/mol. The van der Waals surface area contributed by atoms with Gasteiger partial charge in [-0.1, -0.05) is 35.9 Å². The zero-order valence-corrected chi connectivity index (χ0v) is 13.7. The summed E-state index contributed by atoms with van der Waals surface area (Å²) >= 11 is 9.35. The van der Waals surface area contributed by atoms with Crippen molar-refractivity contribution in [3.63, 3.8) is 0 Å². The number of halogens is 2. The molecular formula is C15H12BrClO4. The van der Waals surface area contributed by atoms with Crippen molar-refractivity contribution in [2.24, 2.45) is 0 Å². The smallest absolute Gasteiger partial charge is 0.342 e. The first-order valence-corrected chi connectivity index (χ1v) is 7.11.